The number of hydrogen-bond acceptors (Lipinski definition) is 6. The summed E-state index contributed by atoms with van der Waals surface area (Å²) in [6.07, 6.45) is 1.48. The lowest BCUT2D eigenvalue weighted by molar-refractivity contribution is -0.143. The van der Waals surface area contributed by atoms with Gasteiger partial charge in [-0.15, -0.1) is 0 Å². The number of carboxylic acid groups (broad SMARTS) is 1. The van der Waals surface area contributed by atoms with E-state index in [9.17, 15) is 29.1 Å². The van der Waals surface area contributed by atoms with Gasteiger partial charge in [-0.3, -0.25) is 39.1 Å². The van der Waals surface area contributed by atoms with Crippen LogP contribution in [0.3, 0.4) is 0 Å². The van der Waals surface area contributed by atoms with E-state index in [1.165, 1.54) is 0 Å². The van der Waals surface area contributed by atoms with Crippen LogP contribution in [0.25, 0.3) is 11.1 Å². The van der Waals surface area contributed by atoms with Crippen LogP contribution in [0.1, 0.15) is 52.0 Å². The van der Waals surface area contributed by atoms with Gasteiger partial charge in [0.05, 0.1) is 17.0 Å². The van der Waals surface area contributed by atoms with Crippen LogP contribution in [0.5, 0.6) is 0 Å². The van der Waals surface area contributed by atoms with Gasteiger partial charge in [0.15, 0.2) is 0 Å². The zero-order valence-electron chi connectivity index (χ0n) is 19.0. The van der Waals surface area contributed by atoms with Gasteiger partial charge >= 0.3 is 5.97 Å². The lowest BCUT2D eigenvalue weighted by Crippen LogP contribution is -2.54. The first-order chi connectivity index (χ1) is 16.8. The molecule has 3 heterocycles. The normalized spacial score (nSPS) is 21.3. The summed E-state index contributed by atoms with van der Waals surface area (Å²) in [6, 6.07) is 12.0. The number of aliphatic carboxylic acids is 1. The fourth-order valence-corrected chi connectivity index (χ4v) is 5.10. The molecule has 2 fully saturated rings. The Morgan fingerprint density at radius 3 is 2.34 bits per heavy atom. The van der Waals surface area contributed by atoms with Crippen LogP contribution in [0.4, 0.5) is 0 Å². The van der Waals surface area contributed by atoms with Crippen molar-refractivity contribution in [2.75, 3.05) is 13.1 Å². The van der Waals surface area contributed by atoms with E-state index in [4.69, 9.17) is 0 Å². The highest BCUT2D eigenvalue weighted by Crippen LogP contribution is 2.32. The van der Waals surface area contributed by atoms with Crippen LogP contribution in [0, 0.1) is 5.92 Å². The Labute approximate surface area is 201 Å². The fourth-order valence-electron chi connectivity index (χ4n) is 5.10. The molecular weight excluding hydrogens is 450 g/mol. The number of carbonyl (C=O) groups excluding carboxylic acids is 4. The SMILES string of the molecule is O=C1CCC(N2C(=O)c3ccc(-c4cccc(CN5CCC(C(=O)O)CC5)c4)cc3C2=O)C(=O)N1. The van der Waals surface area contributed by atoms with Crippen LogP contribution in [0.15, 0.2) is 42.5 Å². The number of fused-ring (bicyclic) bond motifs is 1. The summed E-state index contributed by atoms with van der Waals surface area (Å²) in [5, 5.41) is 11.4. The first-order valence-electron chi connectivity index (χ1n) is 11.7. The third kappa shape index (κ3) is 4.35. The largest absolute Gasteiger partial charge is 0.481 e. The third-order valence-corrected chi connectivity index (χ3v) is 7.04. The quantitative estimate of drug-likeness (QED) is 0.634. The molecule has 3 aliphatic heterocycles. The maximum atomic E-state index is 13.1. The van der Waals surface area contributed by atoms with Crippen molar-refractivity contribution in [3.63, 3.8) is 0 Å². The van der Waals surface area contributed by atoms with E-state index in [-0.39, 0.29) is 29.9 Å². The van der Waals surface area contributed by atoms with E-state index in [1.807, 2.05) is 24.3 Å². The highest BCUT2D eigenvalue weighted by atomic mass is 16.4. The molecule has 0 saturated carbocycles. The second-order valence-corrected chi connectivity index (χ2v) is 9.30. The molecule has 2 N–H and O–H groups in total. The van der Waals surface area contributed by atoms with Crippen molar-refractivity contribution >= 4 is 29.6 Å². The minimum Gasteiger partial charge on any atom is -0.481 e. The molecule has 180 valence electrons. The molecule has 3 aliphatic rings. The minimum absolute atomic E-state index is 0.0792. The van der Waals surface area contributed by atoms with Crippen molar-refractivity contribution < 1.29 is 29.1 Å². The summed E-state index contributed by atoms with van der Waals surface area (Å²) in [5.41, 5.74) is 3.25. The second kappa shape index (κ2) is 9.07. The summed E-state index contributed by atoms with van der Waals surface area (Å²) >= 11 is 0. The van der Waals surface area contributed by atoms with Gasteiger partial charge in [-0.05, 0) is 67.2 Å². The maximum Gasteiger partial charge on any atom is 0.306 e. The van der Waals surface area contributed by atoms with Gasteiger partial charge in [0, 0.05) is 13.0 Å². The Balaban J connectivity index is 1.34. The first-order valence-corrected chi connectivity index (χ1v) is 11.7. The molecule has 2 saturated heterocycles. The molecule has 0 spiro atoms. The molecule has 9 heteroatoms. The number of piperidine rings is 2. The zero-order valence-corrected chi connectivity index (χ0v) is 19.0. The maximum absolute atomic E-state index is 13.1. The predicted octanol–water partition coefficient (Wildman–Crippen LogP) is 2.05. The molecule has 1 atom stereocenters. The Morgan fingerprint density at radius 2 is 1.63 bits per heavy atom. The number of carbonyl (C=O) groups is 5. The summed E-state index contributed by atoms with van der Waals surface area (Å²) in [4.78, 5) is 64.1. The van der Waals surface area contributed by atoms with Crippen molar-refractivity contribution in [3.05, 3.63) is 59.2 Å². The fraction of sp³-hybridized carbons (Fsp3) is 0.346. The van der Waals surface area contributed by atoms with Gasteiger partial charge < -0.3 is 5.11 Å². The summed E-state index contributed by atoms with van der Waals surface area (Å²) < 4.78 is 0. The molecular formula is C26H25N3O6. The minimum atomic E-state index is -0.989. The van der Waals surface area contributed by atoms with Crippen molar-refractivity contribution in [3.8, 4) is 11.1 Å². The predicted molar refractivity (Wildman–Crippen MR) is 124 cm³/mol. The van der Waals surface area contributed by atoms with Crippen LogP contribution >= 0.6 is 0 Å². The van der Waals surface area contributed by atoms with Gasteiger partial charge in [0.1, 0.15) is 6.04 Å². The number of benzene rings is 2. The number of imide groups is 2. The smallest absolute Gasteiger partial charge is 0.306 e. The zero-order chi connectivity index (χ0) is 24.7. The Morgan fingerprint density at radius 1 is 0.914 bits per heavy atom. The Hall–Kier alpha value is -3.85. The van der Waals surface area contributed by atoms with E-state index in [0.717, 1.165) is 34.7 Å². The average Bonchev–Trinajstić information content (AvgIpc) is 3.09. The standard InChI is InChI=1S/C26H25N3O6/c30-22-7-6-21(23(31)27-22)29-24(32)19-5-4-18(13-20(19)25(29)33)17-3-1-2-15(12-17)14-28-10-8-16(9-11-28)26(34)35/h1-5,12-13,16,21H,6-11,14H2,(H,34,35)(H,27,30,31). The molecule has 2 aromatic rings. The van der Waals surface area contributed by atoms with Crippen LogP contribution in [-0.4, -0.2) is 63.6 Å². The Kier molecular flexibility index (Phi) is 5.94. The second-order valence-electron chi connectivity index (χ2n) is 9.30. The molecule has 5 rings (SSSR count). The van der Waals surface area contributed by atoms with Gasteiger partial charge in [-0.25, -0.2) is 0 Å². The monoisotopic (exact) mass is 475 g/mol. The molecule has 2 aromatic carbocycles. The van der Waals surface area contributed by atoms with Gasteiger partial charge in [0.2, 0.25) is 11.8 Å². The van der Waals surface area contributed by atoms with E-state index in [2.05, 4.69) is 10.2 Å². The summed E-state index contributed by atoms with van der Waals surface area (Å²) in [6.45, 7) is 2.16. The van der Waals surface area contributed by atoms with Gasteiger partial charge in [-0.2, -0.15) is 0 Å². The van der Waals surface area contributed by atoms with Crippen molar-refractivity contribution in [1.82, 2.24) is 15.1 Å². The molecule has 4 amide bonds. The summed E-state index contributed by atoms with van der Waals surface area (Å²) in [5.74, 6) is -3.09. The van der Waals surface area contributed by atoms with E-state index in [0.29, 0.717) is 19.4 Å². The number of hydrogen-bond donors (Lipinski definition) is 2. The molecule has 35 heavy (non-hydrogen) atoms. The molecule has 0 aromatic heterocycles. The molecule has 0 radical (unpaired) electrons. The van der Waals surface area contributed by atoms with Crippen molar-refractivity contribution in [1.29, 1.82) is 0 Å². The number of amides is 4. The molecule has 9 nitrogen and oxygen atoms in total. The van der Waals surface area contributed by atoms with E-state index >= 15 is 0 Å². The number of carboxylic acids is 1. The third-order valence-electron chi connectivity index (χ3n) is 7.04. The van der Waals surface area contributed by atoms with E-state index in [1.54, 1.807) is 18.2 Å². The van der Waals surface area contributed by atoms with E-state index < -0.39 is 35.6 Å². The first kappa shape index (κ1) is 22.9. The van der Waals surface area contributed by atoms with Crippen molar-refractivity contribution in [2.24, 2.45) is 5.92 Å². The molecule has 0 bridgehead atoms. The number of nitrogens with one attached hydrogen (secondary N) is 1. The molecule has 0 aliphatic carbocycles. The van der Waals surface area contributed by atoms with Gasteiger partial charge in [0.25, 0.3) is 11.8 Å². The highest BCUT2D eigenvalue weighted by Gasteiger charge is 2.44. The molecule has 1 unspecified atom stereocenters. The summed E-state index contributed by atoms with van der Waals surface area (Å²) in [7, 11) is 0. The highest BCUT2D eigenvalue weighted by molar-refractivity contribution is 6.23. The van der Waals surface area contributed by atoms with Crippen LogP contribution in [0.2, 0.25) is 0 Å². The lowest BCUT2D eigenvalue weighted by atomic mass is 9.96. The lowest BCUT2D eigenvalue weighted by Gasteiger charge is -2.30. The number of nitrogens with zero attached hydrogens (tertiary/aromatic N) is 2. The van der Waals surface area contributed by atoms with Gasteiger partial charge in [-0.1, -0.05) is 24.3 Å². The number of likely N-dealkylation sites (tertiary alicyclic amines) is 1. The topological polar surface area (TPSA) is 124 Å². The Bertz CT molecular complexity index is 1250. The van der Waals surface area contributed by atoms with Crippen LogP contribution in [-0.2, 0) is 20.9 Å². The van der Waals surface area contributed by atoms with Crippen molar-refractivity contribution in [2.45, 2.75) is 38.3 Å². The van der Waals surface area contributed by atoms with Crippen LogP contribution < -0.4 is 5.32 Å². The average molecular weight is 476 g/mol. The number of rotatable bonds is 5.